The molecule has 0 bridgehead atoms. The molecule has 7 nitrogen and oxygen atoms in total. The van der Waals surface area contributed by atoms with Crippen molar-refractivity contribution in [2.45, 2.75) is 56.2 Å². The molecule has 2 amide bonds. The molecule has 0 saturated carbocycles. The van der Waals surface area contributed by atoms with E-state index >= 15 is 0 Å². The summed E-state index contributed by atoms with van der Waals surface area (Å²) in [5.74, 6) is -0.294. The first kappa shape index (κ1) is 19.2. The number of sulfone groups is 1. The largest absolute Gasteiger partial charge is 0.352 e. The van der Waals surface area contributed by atoms with Crippen LogP contribution in [0.2, 0.25) is 0 Å². The van der Waals surface area contributed by atoms with Gasteiger partial charge in [0.25, 0.3) is 0 Å². The molecule has 0 aromatic rings. The highest BCUT2D eigenvalue weighted by Gasteiger charge is 2.51. The minimum Gasteiger partial charge on any atom is -0.352 e. The maximum Gasteiger partial charge on any atom is 0.244 e. The Hall–Kier alpha value is -1.15. The third-order valence-electron chi connectivity index (χ3n) is 5.06. The number of hydrogen-bond acceptors (Lipinski definition) is 5. The number of hydrogen-bond donors (Lipinski definition) is 2. The van der Waals surface area contributed by atoms with Crippen LogP contribution in [0.25, 0.3) is 0 Å². The Balaban J connectivity index is 2.11. The molecule has 0 aliphatic carbocycles. The summed E-state index contributed by atoms with van der Waals surface area (Å²) in [6, 6.07) is -0.0833. The number of piperidine rings is 2. The van der Waals surface area contributed by atoms with E-state index in [9.17, 15) is 18.0 Å². The molecule has 2 fully saturated rings. The van der Waals surface area contributed by atoms with Gasteiger partial charge in [-0.05, 0) is 45.2 Å². The normalized spacial score (nSPS) is 24.4. The number of carbonyl (C=O) groups excluding carboxylic acids is 2. The Labute approximate surface area is 144 Å². The zero-order chi connectivity index (χ0) is 17.8. The van der Waals surface area contributed by atoms with Gasteiger partial charge in [0.05, 0.1) is 0 Å². The average molecular weight is 359 g/mol. The molecule has 2 rings (SSSR count). The Bertz CT molecular complexity index is 570. The second-order valence-electron chi connectivity index (χ2n) is 6.92. The Morgan fingerprint density at radius 2 is 1.96 bits per heavy atom. The van der Waals surface area contributed by atoms with Gasteiger partial charge in [0.1, 0.15) is 0 Å². The summed E-state index contributed by atoms with van der Waals surface area (Å²) < 4.78 is 23.5. The van der Waals surface area contributed by atoms with Gasteiger partial charge in [0, 0.05) is 31.8 Å². The van der Waals surface area contributed by atoms with E-state index < -0.39 is 14.6 Å². The zero-order valence-corrected chi connectivity index (χ0v) is 15.5. The highest BCUT2D eigenvalue weighted by atomic mass is 32.2. The lowest BCUT2D eigenvalue weighted by atomic mass is 9.93. The van der Waals surface area contributed by atoms with Gasteiger partial charge in [-0.2, -0.15) is 0 Å². The molecule has 0 radical (unpaired) electrons. The van der Waals surface area contributed by atoms with Crippen LogP contribution in [0.5, 0.6) is 0 Å². The van der Waals surface area contributed by atoms with Crippen molar-refractivity contribution in [1.82, 2.24) is 15.5 Å². The summed E-state index contributed by atoms with van der Waals surface area (Å²) in [5, 5.41) is 6.09. The lowest BCUT2D eigenvalue weighted by Gasteiger charge is -2.41. The second-order valence-corrected chi connectivity index (χ2v) is 9.25. The summed E-state index contributed by atoms with van der Waals surface area (Å²) in [5.41, 5.74) is 0. The molecule has 0 spiro atoms. The molecule has 2 saturated heterocycles. The molecule has 0 aromatic heterocycles. The van der Waals surface area contributed by atoms with Crippen molar-refractivity contribution in [1.29, 1.82) is 0 Å². The molecule has 2 N–H and O–H groups in total. The number of nitrogens with one attached hydrogen (secondary N) is 2. The fourth-order valence-corrected chi connectivity index (χ4v) is 5.06. The SMILES string of the molecule is CCCC(=O)NC1CCCN(C(=O)C2(S(C)(=O)=O)CCNCC2)C1. The molecule has 2 heterocycles. The van der Waals surface area contributed by atoms with E-state index in [0.29, 0.717) is 45.4 Å². The van der Waals surface area contributed by atoms with Gasteiger partial charge in [-0.3, -0.25) is 9.59 Å². The third kappa shape index (κ3) is 4.08. The van der Waals surface area contributed by atoms with Crippen LogP contribution in [-0.2, 0) is 19.4 Å². The van der Waals surface area contributed by atoms with Gasteiger partial charge in [-0.1, -0.05) is 6.92 Å². The van der Waals surface area contributed by atoms with Gasteiger partial charge < -0.3 is 15.5 Å². The average Bonchev–Trinajstić information content (AvgIpc) is 2.54. The number of carbonyl (C=O) groups is 2. The second kappa shape index (κ2) is 7.82. The fourth-order valence-electron chi connectivity index (χ4n) is 3.67. The topological polar surface area (TPSA) is 95.6 Å². The highest BCUT2D eigenvalue weighted by molar-refractivity contribution is 7.92. The molecule has 0 aromatic carbocycles. The van der Waals surface area contributed by atoms with E-state index in [4.69, 9.17) is 0 Å². The van der Waals surface area contributed by atoms with Crippen molar-refractivity contribution in [2.24, 2.45) is 0 Å². The maximum absolute atomic E-state index is 13.1. The molecule has 1 atom stereocenters. The maximum atomic E-state index is 13.1. The van der Waals surface area contributed by atoms with E-state index in [1.807, 2.05) is 6.92 Å². The van der Waals surface area contributed by atoms with Crippen molar-refractivity contribution in [2.75, 3.05) is 32.4 Å². The van der Waals surface area contributed by atoms with Gasteiger partial charge in [-0.15, -0.1) is 0 Å². The lowest BCUT2D eigenvalue weighted by Crippen LogP contribution is -2.61. The molecule has 8 heteroatoms. The predicted octanol–water partition coefficient (Wildman–Crippen LogP) is 0.0605. The minimum absolute atomic E-state index is 0.00325. The molecule has 138 valence electrons. The fraction of sp³-hybridized carbons (Fsp3) is 0.875. The third-order valence-corrected chi connectivity index (χ3v) is 7.06. The number of nitrogens with zero attached hydrogens (tertiary/aromatic N) is 1. The molecule has 1 unspecified atom stereocenters. The summed E-state index contributed by atoms with van der Waals surface area (Å²) in [4.78, 5) is 26.5. The van der Waals surface area contributed by atoms with E-state index in [1.54, 1.807) is 4.90 Å². The van der Waals surface area contributed by atoms with Crippen LogP contribution in [0, 0.1) is 0 Å². The van der Waals surface area contributed by atoms with Crippen LogP contribution >= 0.6 is 0 Å². The van der Waals surface area contributed by atoms with Crippen molar-refractivity contribution >= 4 is 21.7 Å². The molecular formula is C16H29N3O4S. The Morgan fingerprint density at radius 3 is 2.54 bits per heavy atom. The summed E-state index contributed by atoms with van der Waals surface area (Å²) in [7, 11) is -3.50. The molecular weight excluding hydrogens is 330 g/mol. The van der Waals surface area contributed by atoms with Crippen LogP contribution in [0.4, 0.5) is 0 Å². The van der Waals surface area contributed by atoms with Crippen molar-refractivity contribution < 1.29 is 18.0 Å². The van der Waals surface area contributed by atoms with Crippen LogP contribution in [0.1, 0.15) is 45.4 Å². The quantitative estimate of drug-likeness (QED) is 0.724. The minimum atomic E-state index is -3.50. The van der Waals surface area contributed by atoms with Crippen molar-refractivity contribution in [3.05, 3.63) is 0 Å². The van der Waals surface area contributed by atoms with Crippen molar-refractivity contribution in [3.63, 3.8) is 0 Å². The van der Waals surface area contributed by atoms with Crippen LogP contribution in [0.15, 0.2) is 0 Å². The van der Waals surface area contributed by atoms with Crippen LogP contribution in [-0.4, -0.2) is 68.4 Å². The highest BCUT2D eigenvalue weighted by Crippen LogP contribution is 2.31. The van der Waals surface area contributed by atoms with E-state index in [2.05, 4.69) is 10.6 Å². The summed E-state index contributed by atoms with van der Waals surface area (Å²) >= 11 is 0. The smallest absolute Gasteiger partial charge is 0.244 e. The molecule has 2 aliphatic heterocycles. The van der Waals surface area contributed by atoms with E-state index in [1.165, 1.54) is 6.26 Å². The first-order valence-electron chi connectivity index (χ1n) is 8.79. The number of amides is 2. The first-order valence-corrected chi connectivity index (χ1v) is 10.7. The van der Waals surface area contributed by atoms with Gasteiger partial charge >= 0.3 is 0 Å². The van der Waals surface area contributed by atoms with E-state index in [-0.39, 0.29) is 17.9 Å². The Morgan fingerprint density at radius 1 is 1.29 bits per heavy atom. The van der Waals surface area contributed by atoms with Crippen LogP contribution in [0.3, 0.4) is 0 Å². The van der Waals surface area contributed by atoms with Crippen LogP contribution < -0.4 is 10.6 Å². The Kier molecular flexibility index (Phi) is 6.25. The molecule has 24 heavy (non-hydrogen) atoms. The predicted molar refractivity (Wildman–Crippen MR) is 92.3 cm³/mol. The number of likely N-dealkylation sites (tertiary alicyclic amines) is 1. The van der Waals surface area contributed by atoms with Gasteiger partial charge in [0.15, 0.2) is 14.6 Å². The van der Waals surface area contributed by atoms with Crippen molar-refractivity contribution in [3.8, 4) is 0 Å². The zero-order valence-electron chi connectivity index (χ0n) is 14.6. The lowest BCUT2D eigenvalue weighted by molar-refractivity contribution is -0.137. The standard InChI is InChI=1S/C16H29N3O4S/c1-3-5-14(20)18-13-6-4-11-19(12-13)15(21)16(24(2,22)23)7-9-17-10-8-16/h13,17H,3-12H2,1-2H3,(H,18,20). The first-order chi connectivity index (χ1) is 11.3. The number of rotatable bonds is 5. The summed E-state index contributed by atoms with van der Waals surface area (Å²) in [6.45, 7) is 3.97. The summed E-state index contributed by atoms with van der Waals surface area (Å²) in [6.07, 6.45) is 4.66. The monoisotopic (exact) mass is 359 g/mol. The molecule has 2 aliphatic rings. The van der Waals surface area contributed by atoms with Gasteiger partial charge in [0.2, 0.25) is 11.8 Å². The van der Waals surface area contributed by atoms with Gasteiger partial charge in [-0.25, -0.2) is 8.42 Å². The van der Waals surface area contributed by atoms with E-state index in [0.717, 1.165) is 19.3 Å².